The molecule has 0 aliphatic heterocycles. The van der Waals surface area contributed by atoms with E-state index in [0.29, 0.717) is 16.4 Å². The molecule has 2 aromatic carbocycles. The van der Waals surface area contributed by atoms with Gasteiger partial charge in [-0.15, -0.1) is 0 Å². The number of phenols is 1. The van der Waals surface area contributed by atoms with Gasteiger partial charge in [0, 0.05) is 16.6 Å². The van der Waals surface area contributed by atoms with Crippen molar-refractivity contribution in [1.82, 2.24) is 5.43 Å². The van der Waals surface area contributed by atoms with Gasteiger partial charge in [0.05, 0.1) is 11.3 Å². The molecule has 0 saturated heterocycles. The van der Waals surface area contributed by atoms with Crippen molar-refractivity contribution >= 4 is 34.8 Å². The molecule has 0 aromatic heterocycles. The topological polar surface area (TPSA) is 90.8 Å². The number of phenolic OH excluding ortho intramolecular Hbond substituents is 1. The van der Waals surface area contributed by atoms with Gasteiger partial charge in [-0.1, -0.05) is 23.7 Å². The standard InChI is InChI=1S/C19H18ClN3O3/c1-11(22-23-19(26)16-10-14(20)7-8-17(16)24)13-3-2-4-15(9-13)21-18(25)12-5-6-12/h2-4,7-10,12,24H,5-6H2,1H3,(H,21,25)(H,23,26)/b22-11-. The first-order valence-electron chi connectivity index (χ1n) is 8.18. The largest absolute Gasteiger partial charge is 0.507 e. The average molecular weight is 372 g/mol. The molecular formula is C19H18ClN3O3. The van der Waals surface area contributed by atoms with Crippen LogP contribution in [0.4, 0.5) is 5.69 Å². The van der Waals surface area contributed by atoms with Crippen molar-refractivity contribution in [3.05, 3.63) is 58.6 Å². The third kappa shape index (κ3) is 4.40. The van der Waals surface area contributed by atoms with Crippen LogP contribution in [0.25, 0.3) is 0 Å². The fourth-order valence-electron chi connectivity index (χ4n) is 2.36. The Morgan fingerprint density at radius 2 is 1.96 bits per heavy atom. The first-order valence-corrected chi connectivity index (χ1v) is 8.56. The van der Waals surface area contributed by atoms with Gasteiger partial charge in [0.25, 0.3) is 5.91 Å². The summed E-state index contributed by atoms with van der Waals surface area (Å²) >= 11 is 5.84. The molecule has 1 saturated carbocycles. The minimum Gasteiger partial charge on any atom is -0.507 e. The molecule has 0 spiro atoms. The Morgan fingerprint density at radius 1 is 1.19 bits per heavy atom. The maximum atomic E-state index is 12.2. The summed E-state index contributed by atoms with van der Waals surface area (Å²) in [6.07, 6.45) is 1.88. The van der Waals surface area contributed by atoms with Gasteiger partial charge < -0.3 is 10.4 Å². The number of rotatable bonds is 5. The van der Waals surface area contributed by atoms with Crippen LogP contribution >= 0.6 is 11.6 Å². The van der Waals surface area contributed by atoms with E-state index >= 15 is 0 Å². The molecule has 3 rings (SSSR count). The van der Waals surface area contributed by atoms with Crippen molar-refractivity contribution < 1.29 is 14.7 Å². The number of nitrogens with zero attached hydrogens (tertiary/aromatic N) is 1. The maximum absolute atomic E-state index is 12.2. The van der Waals surface area contributed by atoms with Crippen LogP contribution in [0.2, 0.25) is 5.02 Å². The van der Waals surface area contributed by atoms with E-state index in [1.807, 2.05) is 12.1 Å². The Bertz CT molecular complexity index is 891. The number of carbonyl (C=O) groups is 2. The van der Waals surface area contributed by atoms with Crippen molar-refractivity contribution in [3.8, 4) is 5.75 Å². The minimum atomic E-state index is -0.567. The van der Waals surface area contributed by atoms with Crippen LogP contribution < -0.4 is 10.7 Å². The summed E-state index contributed by atoms with van der Waals surface area (Å²) in [5.41, 5.74) is 4.44. The lowest BCUT2D eigenvalue weighted by Gasteiger charge is -2.08. The lowest BCUT2D eigenvalue weighted by molar-refractivity contribution is -0.117. The zero-order valence-electron chi connectivity index (χ0n) is 14.1. The van der Waals surface area contributed by atoms with Crippen molar-refractivity contribution in [2.75, 3.05) is 5.32 Å². The average Bonchev–Trinajstić information content (AvgIpc) is 3.47. The molecule has 2 aromatic rings. The highest BCUT2D eigenvalue weighted by Crippen LogP contribution is 2.30. The van der Waals surface area contributed by atoms with Crippen LogP contribution in [0.15, 0.2) is 47.6 Å². The number of benzene rings is 2. The molecule has 3 N–H and O–H groups in total. The third-order valence-corrected chi connectivity index (χ3v) is 4.26. The molecule has 134 valence electrons. The number of amides is 2. The van der Waals surface area contributed by atoms with Crippen LogP contribution in [0, 0.1) is 5.92 Å². The van der Waals surface area contributed by atoms with E-state index in [1.54, 1.807) is 19.1 Å². The van der Waals surface area contributed by atoms with E-state index in [4.69, 9.17) is 11.6 Å². The zero-order chi connectivity index (χ0) is 18.7. The van der Waals surface area contributed by atoms with Crippen LogP contribution in [0.5, 0.6) is 5.75 Å². The normalized spacial score (nSPS) is 14.0. The molecule has 1 fully saturated rings. The van der Waals surface area contributed by atoms with E-state index in [1.165, 1.54) is 18.2 Å². The number of halogens is 1. The summed E-state index contributed by atoms with van der Waals surface area (Å²) in [4.78, 5) is 24.0. The van der Waals surface area contributed by atoms with Crippen molar-refractivity contribution in [3.63, 3.8) is 0 Å². The second-order valence-corrected chi connectivity index (χ2v) is 6.58. The number of hydrogen-bond donors (Lipinski definition) is 3. The van der Waals surface area contributed by atoms with Gasteiger partial charge in [0.1, 0.15) is 5.75 Å². The summed E-state index contributed by atoms with van der Waals surface area (Å²) in [5.74, 6) is -0.591. The zero-order valence-corrected chi connectivity index (χ0v) is 14.9. The number of carbonyl (C=O) groups excluding carboxylic acids is 2. The van der Waals surface area contributed by atoms with Gasteiger partial charge in [-0.25, -0.2) is 5.43 Å². The monoisotopic (exact) mass is 371 g/mol. The highest BCUT2D eigenvalue weighted by atomic mass is 35.5. The maximum Gasteiger partial charge on any atom is 0.275 e. The molecule has 7 heteroatoms. The fraction of sp³-hybridized carbons (Fsp3) is 0.211. The van der Waals surface area contributed by atoms with E-state index in [9.17, 15) is 14.7 Å². The number of hydrogen-bond acceptors (Lipinski definition) is 4. The molecule has 6 nitrogen and oxygen atoms in total. The highest BCUT2D eigenvalue weighted by molar-refractivity contribution is 6.31. The third-order valence-electron chi connectivity index (χ3n) is 4.02. The van der Waals surface area contributed by atoms with E-state index in [2.05, 4.69) is 15.8 Å². The van der Waals surface area contributed by atoms with Gasteiger partial charge in [-0.05, 0) is 55.7 Å². The summed E-state index contributed by atoms with van der Waals surface area (Å²) in [6.45, 7) is 1.74. The van der Waals surface area contributed by atoms with Crippen LogP contribution in [0.3, 0.4) is 0 Å². The predicted octanol–water partition coefficient (Wildman–Crippen LogP) is 3.55. The SMILES string of the molecule is C/C(=N/NC(=O)c1cc(Cl)ccc1O)c1cccc(NC(=O)C2CC2)c1. The molecule has 0 radical (unpaired) electrons. The molecule has 1 aliphatic rings. The molecule has 1 aliphatic carbocycles. The van der Waals surface area contributed by atoms with E-state index in [-0.39, 0.29) is 23.1 Å². The van der Waals surface area contributed by atoms with Gasteiger partial charge in [0.2, 0.25) is 5.91 Å². The Balaban J connectivity index is 1.70. The summed E-state index contributed by atoms with van der Waals surface area (Å²) in [5, 5.41) is 17.0. The second-order valence-electron chi connectivity index (χ2n) is 6.14. The lowest BCUT2D eigenvalue weighted by atomic mass is 10.1. The van der Waals surface area contributed by atoms with Gasteiger partial charge in [-0.2, -0.15) is 5.10 Å². The van der Waals surface area contributed by atoms with E-state index in [0.717, 1.165) is 18.4 Å². The fourth-order valence-corrected chi connectivity index (χ4v) is 2.53. The first kappa shape index (κ1) is 17.9. The van der Waals surface area contributed by atoms with Gasteiger partial charge in [0.15, 0.2) is 0 Å². The van der Waals surface area contributed by atoms with E-state index < -0.39 is 5.91 Å². The quantitative estimate of drug-likeness (QED) is 0.554. The molecule has 2 amide bonds. The molecule has 0 bridgehead atoms. The molecular weight excluding hydrogens is 354 g/mol. The summed E-state index contributed by atoms with van der Waals surface area (Å²) in [6, 6.07) is 11.4. The van der Waals surface area contributed by atoms with Crippen molar-refractivity contribution in [1.29, 1.82) is 0 Å². The number of nitrogens with one attached hydrogen (secondary N) is 2. The second kappa shape index (κ2) is 7.58. The van der Waals surface area contributed by atoms with Crippen LogP contribution in [-0.4, -0.2) is 22.6 Å². The summed E-state index contributed by atoms with van der Waals surface area (Å²) in [7, 11) is 0. The Hall–Kier alpha value is -2.86. The van der Waals surface area contributed by atoms with Crippen molar-refractivity contribution in [2.24, 2.45) is 11.0 Å². The van der Waals surface area contributed by atoms with Crippen molar-refractivity contribution in [2.45, 2.75) is 19.8 Å². The van der Waals surface area contributed by atoms with Gasteiger partial charge >= 0.3 is 0 Å². The highest BCUT2D eigenvalue weighted by Gasteiger charge is 2.29. The number of anilines is 1. The Kier molecular flexibility index (Phi) is 5.23. The summed E-state index contributed by atoms with van der Waals surface area (Å²) < 4.78 is 0. The molecule has 26 heavy (non-hydrogen) atoms. The van der Waals surface area contributed by atoms with Crippen LogP contribution in [-0.2, 0) is 4.79 Å². The van der Waals surface area contributed by atoms with Gasteiger partial charge in [-0.3, -0.25) is 9.59 Å². The first-order chi connectivity index (χ1) is 12.4. The minimum absolute atomic E-state index is 0.0291. The van der Waals surface area contributed by atoms with Crippen LogP contribution in [0.1, 0.15) is 35.7 Å². The number of hydrazone groups is 1. The smallest absolute Gasteiger partial charge is 0.275 e. The Morgan fingerprint density at radius 3 is 2.69 bits per heavy atom. The molecule has 0 unspecified atom stereocenters. The molecule has 0 heterocycles. The lowest BCUT2D eigenvalue weighted by Crippen LogP contribution is -2.19. The molecule has 0 atom stereocenters. The predicted molar refractivity (Wildman–Crippen MR) is 101 cm³/mol. The number of aromatic hydroxyl groups is 1. The Labute approximate surface area is 155 Å².